The predicted octanol–water partition coefficient (Wildman–Crippen LogP) is 3.47. The van der Waals surface area contributed by atoms with Crippen LogP contribution in [0.3, 0.4) is 0 Å². The fourth-order valence-electron chi connectivity index (χ4n) is 2.35. The Morgan fingerprint density at radius 3 is 2.62 bits per heavy atom. The van der Waals surface area contributed by atoms with E-state index in [1.165, 1.54) is 16.9 Å². The fourth-order valence-corrected chi connectivity index (χ4v) is 2.35. The minimum atomic E-state index is -0.556. The molecule has 0 bridgehead atoms. The minimum absolute atomic E-state index is 0.108. The molecule has 3 aromatic rings. The van der Waals surface area contributed by atoms with E-state index in [0.717, 1.165) is 5.56 Å². The Morgan fingerprint density at radius 1 is 1.15 bits per heavy atom. The molecule has 1 aromatic heterocycles. The van der Waals surface area contributed by atoms with Crippen molar-refractivity contribution in [1.82, 2.24) is 15.0 Å². The van der Waals surface area contributed by atoms with Crippen molar-refractivity contribution in [2.45, 2.75) is 20.5 Å². The quantitative estimate of drug-likeness (QED) is 0.634. The normalized spacial score (nSPS) is 10.6. The summed E-state index contributed by atoms with van der Waals surface area (Å²) in [4.78, 5) is 13.0. The third kappa shape index (κ3) is 3.88. The summed E-state index contributed by atoms with van der Waals surface area (Å²) in [5.74, 6) is -0.960. The van der Waals surface area contributed by atoms with Crippen molar-refractivity contribution in [2.75, 3.05) is 6.61 Å². The Kier molecular flexibility index (Phi) is 5.26. The number of benzene rings is 2. The van der Waals surface area contributed by atoms with Crippen LogP contribution in [0.1, 0.15) is 28.7 Å². The number of aromatic nitrogens is 3. The van der Waals surface area contributed by atoms with Crippen LogP contribution in [0.5, 0.6) is 5.75 Å². The molecular formula is C19H18FN3O3. The van der Waals surface area contributed by atoms with Gasteiger partial charge in [-0.05, 0) is 31.5 Å². The highest BCUT2D eigenvalue weighted by molar-refractivity contribution is 5.88. The lowest BCUT2D eigenvalue weighted by Gasteiger charge is -2.08. The van der Waals surface area contributed by atoms with E-state index in [2.05, 4.69) is 10.2 Å². The molecule has 0 N–H and O–H groups in total. The lowest BCUT2D eigenvalue weighted by molar-refractivity contribution is 0.0518. The van der Waals surface area contributed by atoms with E-state index in [1.54, 1.807) is 19.9 Å². The van der Waals surface area contributed by atoms with Gasteiger partial charge >= 0.3 is 5.97 Å². The van der Waals surface area contributed by atoms with E-state index in [-0.39, 0.29) is 24.7 Å². The molecule has 134 valence electrons. The van der Waals surface area contributed by atoms with E-state index in [1.807, 2.05) is 30.3 Å². The van der Waals surface area contributed by atoms with E-state index in [0.29, 0.717) is 11.4 Å². The van der Waals surface area contributed by atoms with Crippen molar-refractivity contribution < 1.29 is 18.7 Å². The lowest BCUT2D eigenvalue weighted by Crippen LogP contribution is -2.08. The number of hydrogen-bond donors (Lipinski definition) is 0. The molecule has 0 radical (unpaired) electrons. The Hall–Kier alpha value is -3.22. The molecule has 6 nitrogen and oxygen atoms in total. The van der Waals surface area contributed by atoms with Crippen LogP contribution in [-0.2, 0) is 11.3 Å². The molecule has 1 heterocycles. The van der Waals surface area contributed by atoms with Crippen LogP contribution in [0.15, 0.2) is 48.5 Å². The van der Waals surface area contributed by atoms with E-state index in [9.17, 15) is 9.18 Å². The lowest BCUT2D eigenvalue weighted by atomic mass is 10.2. The molecule has 0 atom stereocenters. The summed E-state index contributed by atoms with van der Waals surface area (Å²) in [6.45, 7) is 3.86. The first-order chi connectivity index (χ1) is 12.6. The number of halogens is 1. The molecular weight excluding hydrogens is 337 g/mol. The first kappa shape index (κ1) is 17.6. The van der Waals surface area contributed by atoms with Crippen molar-refractivity contribution in [3.63, 3.8) is 0 Å². The number of hydrogen-bond acceptors (Lipinski definition) is 5. The maximum atomic E-state index is 14.3. The number of carbonyl (C=O) groups is 1. The van der Waals surface area contributed by atoms with Gasteiger partial charge in [0.15, 0.2) is 17.3 Å². The maximum absolute atomic E-state index is 14.3. The number of aryl methyl sites for hydroxylation is 1. The molecule has 0 aliphatic heterocycles. The second-order valence-corrected chi connectivity index (χ2v) is 5.53. The summed E-state index contributed by atoms with van der Waals surface area (Å²) in [5, 5.41) is 8.23. The summed E-state index contributed by atoms with van der Waals surface area (Å²) >= 11 is 0. The van der Waals surface area contributed by atoms with Crippen LogP contribution in [0, 0.1) is 12.7 Å². The van der Waals surface area contributed by atoms with Gasteiger partial charge in [-0.3, -0.25) is 0 Å². The van der Waals surface area contributed by atoms with E-state index in [4.69, 9.17) is 9.47 Å². The summed E-state index contributed by atoms with van der Waals surface area (Å²) in [6.07, 6.45) is 0. The largest absolute Gasteiger partial charge is 0.486 e. The van der Waals surface area contributed by atoms with Gasteiger partial charge in [-0.1, -0.05) is 30.3 Å². The van der Waals surface area contributed by atoms with Crippen molar-refractivity contribution >= 4 is 5.97 Å². The Bertz CT molecular complexity index is 910. The van der Waals surface area contributed by atoms with E-state index < -0.39 is 11.8 Å². The summed E-state index contributed by atoms with van der Waals surface area (Å²) in [6, 6.07) is 13.9. The zero-order chi connectivity index (χ0) is 18.5. The van der Waals surface area contributed by atoms with Crippen molar-refractivity contribution in [1.29, 1.82) is 0 Å². The molecule has 0 saturated carbocycles. The maximum Gasteiger partial charge on any atom is 0.360 e. The molecule has 0 aliphatic carbocycles. The Balaban J connectivity index is 1.77. The standard InChI is InChI=1S/C19H18FN3O3/c1-3-25-19(24)18-13(2)21-23(22-18)15-9-10-17(16(20)11-15)26-12-14-7-5-4-6-8-14/h4-11H,3,12H2,1-2H3. The van der Waals surface area contributed by atoms with E-state index >= 15 is 0 Å². The topological polar surface area (TPSA) is 66.2 Å². The third-order valence-electron chi connectivity index (χ3n) is 3.63. The van der Waals surface area contributed by atoms with Crippen LogP contribution in [-0.4, -0.2) is 27.6 Å². The molecule has 2 aromatic carbocycles. The summed E-state index contributed by atoms with van der Waals surface area (Å²) in [5.41, 5.74) is 1.84. The van der Waals surface area contributed by atoms with Gasteiger partial charge in [0.2, 0.25) is 0 Å². The van der Waals surface area contributed by atoms with Gasteiger partial charge in [-0.2, -0.15) is 9.90 Å². The van der Waals surface area contributed by atoms with Gasteiger partial charge in [-0.15, -0.1) is 5.10 Å². The molecule has 26 heavy (non-hydrogen) atoms. The summed E-state index contributed by atoms with van der Waals surface area (Å²) in [7, 11) is 0. The highest BCUT2D eigenvalue weighted by atomic mass is 19.1. The number of nitrogens with zero attached hydrogens (tertiary/aromatic N) is 3. The zero-order valence-electron chi connectivity index (χ0n) is 14.5. The predicted molar refractivity (Wildman–Crippen MR) is 92.8 cm³/mol. The molecule has 3 rings (SSSR count). The van der Waals surface area contributed by atoms with Gasteiger partial charge < -0.3 is 9.47 Å². The zero-order valence-corrected chi connectivity index (χ0v) is 14.5. The average Bonchev–Trinajstić information content (AvgIpc) is 3.03. The summed E-state index contributed by atoms with van der Waals surface area (Å²) < 4.78 is 24.8. The molecule has 7 heteroatoms. The molecule has 0 spiro atoms. The van der Waals surface area contributed by atoms with Crippen LogP contribution >= 0.6 is 0 Å². The van der Waals surface area contributed by atoms with Crippen molar-refractivity contribution in [2.24, 2.45) is 0 Å². The van der Waals surface area contributed by atoms with Crippen LogP contribution in [0.4, 0.5) is 4.39 Å². The molecule has 0 saturated heterocycles. The molecule has 0 amide bonds. The van der Waals surface area contributed by atoms with Gasteiger partial charge in [0.05, 0.1) is 18.0 Å². The molecule has 0 unspecified atom stereocenters. The van der Waals surface area contributed by atoms with Crippen LogP contribution in [0.25, 0.3) is 5.69 Å². The van der Waals surface area contributed by atoms with Crippen LogP contribution in [0.2, 0.25) is 0 Å². The second-order valence-electron chi connectivity index (χ2n) is 5.53. The highest BCUT2D eigenvalue weighted by Crippen LogP contribution is 2.21. The first-order valence-electron chi connectivity index (χ1n) is 8.16. The van der Waals surface area contributed by atoms with Gasteiger partial charge in [0.1, 0.15) is 6.61 Å². The fraction of sp³-hybridized carbons (Fsp3) is 0.211. The monoisotopic (exact) mass is 355 g/mol. The van der Waals surface area contributed by atoms with Crippen molar-refractivity contribution in [3.05, 3.63) is 71.3 Å². The number of esters is 1. The number of ether oxygens (including phenoxy) is 2. The molecule has 0 aliphatic rings. The Labute approximate surface area is 150 Å². The molecule has 0 fully saturated rings. The van der Waals surface area contributed by atoms with Gasteiger partial charge in [0.25, 0.3) is 0 Å². The van der Waals surface area contributed by atoms with Crippen LogP contribution < -0.4 is 4.74 Å². The van der Waals surface area contributed by atoms with Crippen molar-refractivity contribution in [3.8, 4) is 11.4 Å². The van der Waals surface area contributed by atoms with Gasteiger partial charge in [0, 0.05) is 6.07 Å². The first-order valence-corrected chi connectivity index (χ1v) is 8.16. The SMILES string of the molecule is CCOC(=O)c1nn(-c2ccc(OCc3ccccc3)c(F)c2)nc1C. The Morgan fingerprint density at radius 2 is 1.92 bits per heavy atom. The third-order valence-corrected chi connectivity index (χ3v) is 3.63. The number of rotatable bonds is 6. The minimum Gasteiger partial charge on any atom is -0.486 e. The number of carbonyl (C=O) groups excluding carboxylic acids is 1. The smallest absolute Gasteiger partial charge is 0.360 e. The average molecular weight is 355 g/mol. The van der Waals surface area contributed by atoms with Gasteiger partial charge in [-0.25, -0.2) is 9.18 Å². The highest BCUT2D eigenvalue weighted by Gasteiger charge is 2.18. The second kappa shape index (κ2) is 7.77.